The molecule has 0 spiro atoms. The van der Waals surface area contributed by atoms with E-state index in [1.807, 2.05) is 0 Å². The third-order valence-electron chi connectivity index (χ3n) is 2.08. The van der Waals surface area contributed by atoms with Crippen molar-refractivity contribution in [1.29, 1.82) is 0 Å². The fourth-order valence-electron chi connectivity index (χ4n) is 1.21. The van der Waals surface area contributed by atoms with E-state index in [-0.39, 0.29) is 5.16 Å². The molecule has 0 unspecified atom stereocenters. The van der Waals surface area contributed by atoms with E-state index < -0.39 is 11.9 Å². The van der Waals surface area contributed by atoms with Gasteiger partial charge >= 0.3 is 6.18 Å². The van der Waals surface area contributed by atoms with Crippen molar-refractivity contribution in [3.05, 3.63) is 47.0 Å². The lowest BCUT2D eigenvalue weighted by atomic mass is 10.3. The minimum absolute atomic E-state index is 0.0739. The van der Waals surface area contributed by atoms with Crippen molar-refractivity contribution in [1.82, 2.24) is 15.0 Å². The maximum atomic E-state index is 12.5. The van der Waals surface area contributed by atoms with Gasteiger partial charge in [-0.25, -0.2) is 15.0 Å². The minimum Gasteiger partial charge on any atom is -0.244 e. The molecular formula is C11H7ClF3N3S. The number of aromatic nitrogens is 3. The second-order valence-electron chi connectivity index (χ2n) is 3.50. The standard InChI is InChI=1S/C11H7ClF3N3S/c12-9-2-1-7(5-17-9)6-19-10-16-4-3-8(18-10)11(13,14)15/h1-5H,6H2. The number of pyridine rings is 1. The second kappa shape index (κ2) is 5.75. The van der Waals surface area contributed by atoms with Crippen LogP contribution in [0.15, 0.2) is 35.7 Å². The topological polar surface area (TPSA) is 38.7 Å². The SMILES string of the molecule is FC(F)(F)c1ccnc(SCc2ccc(Cl)nc2)n1. The number of hydrogen-bond acceptors (Lipinski definition) is 4. The van der Waals surface area contributed by atoms with Crippen LogP contribution in [0.3, 0.4) is 0 Å². The van der Waals surface area contributed by atoms with Crippen LogP contribution < -0.4 is 0 Å². The highest BCUT2D eigenvalue weighted by Crippen LogP contribution is 2.29. The Morgan fingerprint density at radius 2 is 1.95 bits per heavy atom. The Bertz CT molecular complexity index is 560. The van der Waals surface area contributed by atoms with Crippen LogP contribution in [-0.4, -0.2) is 15.0 Å². The summed E-state index contributed by atoms with van der Waals surface area (Å²) in [5, 5.41) is 0.439. The summed E-state index contributed by atoms with van der Waals surface area (Å²) in [5.74, 6) is 0.422. The summed E-state index contributed by atoms with van der Waals surface area (Å²) in [4.78, 5) is 11.1. The molecule has 0 aliphatic heterocycles. The maximum absolute atomic E-state index is 12.5. The van der Waals surface area contributed by atoms with Crippen LogP contribution in [0.1, 0.15) is 11.3 Å². The number of hydrogen-bond donors (Lipinski definition) is 0. The van der Waals surface area contributed by atoms with E-state index in [2.05, 4.69) is 15.0 Å². The van der Waals surface area contributed by atoms with Gasteiger partial charge in [0.25, 0.3) is 0 Å². The fourth-order valence-corrected chi connectivity index (χ4v) is 2.08. The lowest BCUT2D eigenvalue weighted by Gasteiger charge is -2.06. The van der Waals surface area contributed by atoms with Crippen LogP contribution in [0.5, 0.6) is 0 Å². The fraction of sp³-hybridized carbons (Fsp3) is 0.182. The highest BCUT2D eigenvalue weighted by Gasteiger charge is 2.32. The predicted molar refractivity (Wildman–Crippen MR) is 65.8 cm³/mol. The van der Waals surface area contributed by atoms with E-state index in [0.29, 0.717) is 10.9 Å². The van der Waals surface area contributed by atoms with Crippen molar-refractivity contribution in [3.8, 4) is 0 Å². The first-order valence-electron chi connectivity index (χ1n) is 5.08. The average Bonchev–Trinajstić information content (AvgIpc) is 2.37. The van der Waals surface area contributed by atoms with E-state index in [1.54, 1.807) is 18.3 Å². The Balaban J connectivity index is 2.05. The van der Waals surface area contributed by atoms with Crippen LogP contribution in [0.25, 0.3) is 0 Å². The molecule has 3 nitrogen and oxygen atoms in total. The summed E-state index contributed by atoms with van der Waals surface area (Å²) >= 11 is 6.74. The molecule has 100 valence electrons. The molecule has 8 heteroatoms. The maximum Gasteiger partial charge on any atom is 0.433 e. The Morgan fingerprint density at radius 3 is 2.58 bits per heavy atom. The molecule has 0 saturated carbocycles. The highest BCUT2D eigenvalue weighted by molar-refractivity contribution is 7.98. The first kappa shape index (κ1) is 14.1. The van der Waals surface area contributed by atoms with Crippen molar-refractivity contribution in [3.63, 3.8) is 0 Å². The molecule has 2 rings (SSSR count). The van der Waals surface area contributed by atoms with Gasteiger partial charge in [0.05, 0.1) is 0 Å². The number of alkyl halides is 3. The Morgan fingerprint density at radius 1 is 1.16 bits per heavy atom. The zero-order valence-electron chi connectivity index (χ0n) is 9.36. The van der Waals surface area contributed by atoms with Gasteiger partial charge in [-0.1, -0.05) is 29.4 Å². The molecule has 0 saturated heterocycles. The molecule has 0 radical (unpaired) electrons. The van der Waals surface area contributed by atoms with Gasteiger partial charge in [-0.15, -0.1) is 0 Å². The van der Waals surface area contributed by atoms with E-state index in [4.69, 9.17) is 11.6 Å². The average molecular weight is 306 g/mol. The second-order valence-corrected chi connectivity index (χ2v) is 4.83. The monoisotopic (exact) mass is 305 g/mol. The minimum atomic E-state index is -4.46. The largest absolute Gasteiger partial charge is 0.433 e. The molecule has 0 fully saturated rings. The van der Waals surface area contributed by atoms with Crippen molar-refractivity contribution < 1.29 is 13.2 Å². The van der Waals surface area contributed by atoms with Gasteiger partial charge in [0.2, 0.25) is 0 Å². The summed E-state index contributed by atoms with van der Waals surface area (Å²) in [5.41, 5.74) is -0.116. The van der Waals surface area contributed by atoms with Gasteiger partial charge in [0, 0.05) is 18.1 Å². The van der Waals surface area contributed by atoms with Gasteiger partial charge < -0.3 is 0 Å². The lowest BCUT2D eigenvalue weighted by molar-refractivity contribution is -0.141. The van der Waals surface area contributed by atoms with Crippen molar-refractivity contribution in [2.24, 2.45) is 0 Å². The molecule has 0 aromatic carbocycles. The first-order valence-corrected chi connectivity index (χ1v) is 6.45. The van der Waals surface area contributed by atoms with Gasteiger partial charge in [-0.2, -0.15) is 13.2 Å². The van der Waals surface area contributed by atoms with Crippen LogP contribution in [-0.2, 0) is 11.9 Å². The summed E-state index contributed by atoms with van der Waals surface area (Å²) in [6, 6.07) is 4.20. The molecule has 0 aliphatic carbocycles. The van der Waals surface area contributed by atoms with E-state index in [9.17, 15) is 13.2 Å². The number of nitrogens with zero attached hydrogens (tertiary/aromatic N) is 3. The molecule has 0 atom stereocenters. The van der Waals surface area contributed by atoms with E-state index in [1.165, 1.54) is 0 Å². The van der Waals surface area contributed by atoms with Crippen molar-refractivity contribution >= 4 is 23.4 Å². The zero-order chi connectivity index (χ0) is 13.9. The quantitative estimate of drug-likeness (QED) is 0.491. The molecule has 0 N–H and O–H groups in total. The zero-order valence-corrected chi connectivity index (χ0v) is 10.9. The Labute approximate surface area is 116 Å². The van der Waals surface area contributed by atoms with Crippen LogP contribution in [0.4, 0.5) is 13.2 Å². The molecule has 2 aromatic rings. The van der Waals surface area contributed by atoms with E-state index >= 15 is 0 Å². The smallest absolute Gasteiger partial charge is 0.244 e. The lowest BCUT2D eigenvalue weighted by Crippen LogP contribution is -2.08. The van der Waals surface area contributed by atoms with Gasteiger partial charge in [-0.05, 0) is 17.7 Å². The number of halogens is 4. The highest BCUT2D eigenvalue weighted by atomic mass is 35.5. The summed E-state index contributed by atoms with van der Waals surface area (Å²) in [7, 11) is 0. The van der Waals surface area contributed by atoms with Gasteiger partial charge in [0.15, 0.2) is 5.16 Å². The van der Waals surface area contributed by atoms with Crippen LogP contribution >= 0.6 is 23.4 Å². The third-order valence-corrected chi connectivity index (χ3v) is 3.24. The molecule has 0 bridgehead atoms. The normalized spacial score (nSPS) is 11.6. The molecule has 19 heavy (non-hydrogen) atoms. The van der Waals surface area contributed by atoms with E-state index in [0.717, 1.165) is 29.6 Å². The van der Waals surface area contributed by atoms with Crippen molar-refractivity contribution in [2.75, 3.05) is 0 Å². The molecular weight excluding hydrogens is 299 g/mol. The molecule has 2 aromatic heterocycles. The van der Waals surface area contributed by atoms with Crippen molar-refractivity contribution in [2.45, 2.75) is 17.1 Å². The van der Waals surface area contributed by atoms with Gasteiger partial charge in [0.1, 0.15) is 10.8 Å². The summed E-state index contributed by atoms with van der Waals surface area (Å²) < 4.78 is 37.4. The molecule has 0 aliphatic rings. The Hall–Kier alpha value is -1.34. The predicted octanol–water partition coefficient (Wildman–Crippen LogP) is 3.84. The number of thioether (sulfide) groups is 1. The summed E-state index contributed by atoms with van der Waals surface area (Å²) in [6.45, 7) is 0. The Kier molecular flexibility index (Phi) is 4.26. The van der Waals surface area contributed by atoms with Crippen LogP contribution in [0.2, 0.25) is 5.15 Å². The van der Waals surface area contributed by atoms with Gasteiger partial charge in [-0.3, -0.25) is 0 Å². The molecule has 0 amide bonds. The third kappa shape index (κ3) is 4.07. The van der Waals surface area contributed by atoms with Crippen LogP contribution in [0, 0.1) is 0 Å². The summed E-state index contributed by atoms with van der Waals surface area (Å²) in [6.07, 6.45) is -1.80. The molecule has 2 heterocycles. The first-order chi connectivity index (χ1) is 8.95. The number of rotatable bonds is 3.